The summed E-state index contributed by atoms with van der Waals surface area (Å²) < 4.78 is 32.5. The second-order valence-corrected chi connectivity index (χ2v) is 3.26. The Bertz CT molecular complexity index is 341. The highest BCUT2D eigenvalue weighted by molar-refractivity contribution is 7.86. The molecule has 0 amide bonds. The molecule has 0 heterocycles. The molecule has 0 bridgehead atoms. The van der Waals surface area contributed by atoms with Gasteiger partial charge < -0.3 is 0 Å². The molecule has 0 fully saturated rings. The van der Waals surface area contributed by atoms with E-state index in [-0.39, 0.29) is 5.75 Å². The van der Waals surface area contributed by atoms with Crippen molar-refractivity contribution in [3.63, 3.8) is 0 Å². The summed E-state index contributed by atoms with van der Waals surface area (Å²) in [6.07, 6.45) is 0. The molecule has 0 saturated heterocycles. The molecule has 1 aromatic carbocycles. The van der Waals surface area contributed by atoms with E-state index < -0.39 is 15.1 Å². The third-order valence-corrected chi connectivity index (χ3v) is 1.94. The van der Waals surface area contributed by atoms with Crippen molar-refractivity contribution in [1.29, 1.82) is 0 Å². The first-order chi connectivity index (χ1) is 5.00. The van der Waals surface area contributed by atoms with E-state index in [4.69, 9.17) is 0 Å². The molecule has 1 radical (unpaired) electrons. The summed E-state index contributed by atoms with van der Waals surface area (Å²) >= 11 is 0. The molecule has 0 spiro atoms. The fourth-order valence-corrected chi connectivity index (χ4v) is 1.06. The second kappa shape index (κ2) is 2.50. The van der Waals surface area contributed by atoms with Gasteiger partial charge in [-0.3, -0.25) is 5.11 Å². The Labute approximate surface area is 63.3 Å². The molecule has 1 aromatic rings. The van der Waals surface area contributed by atoms with Gasteiger partial charge in [-0.1, -0.05) is 0 Å². The van der Waals surface area contributed by atoms with Crippen LogP contribution in [0.5, 0.6) is 5.75 Å². The fraction of sp³-hybridized carbons (Fsp3) is 0. The maximum atomic E-state index is 12.1. The molecular weight excluding hydrogens is 171 g/mol. The van der Waals surface area contributed by atoms with Crippen molar-refractivity contribution in [3.8, 4) is 5.75 Å². The Balaban J connectivity index is 3.20. The van der Waals surface area contributed by atoms with Crippen LogP contribution in [0.2, 0.25) is 0 Å². The van der Waals surface area contributed by atoms with E-state index >= 15 is 0 Å². The summed E-state index contributed by atoms with van der Waals surface area (Å²) in [5.41, 5.74) is 0. The van der Waals surface area contributed by atoms with E-state index in [0.717, 1.165) is 24.3 Å². The van der Waals surface area contributed by atoms with Crippen LogP contribution in [0.3, 0.4) is 0 Å². The van der Waals surface area contributed by atoms with E-state index in [0.29, 0.717) is 0 Å². The minimum atomic E-state index is -4.66. The first-order valence-electron chi connectivity index (χ1n) is 2.72. The van der Waals surface area contributed by atoms with E-state index in [2.05, 4.69) is 0 Å². The number of halogens is 1. The van der Waals surface area contributed by atoms with Gasteiger partial charge in [-0.25, -0.2) is 0 Å². The van der Waals surface area contributed by atoms with E-state index in [1.54, 1.807) is 0 Å². The van der Waals surface area contributed by atoms with Gasteiger partial charge in [-0.15, -0.1) is 3.89 Å². The molecule has 11 heavy (non-hydrogen) atoms. The molecule has 0 atom stereocenters. The summed E-state index contributed by atoms with van der Waals surface area (Å²) in [6, 6.07) is 3.84. The normalized spacial score (nSPS) is 11.4. The Morgan fingerprint density at radius 3 is 1.91 bits per heavy atom. The standard InChI is InChI=1S/C6H4FO3S/c7-11(9,10)6-3-1-5(8)2-4-6/h1-4H. The monoisotopic (exact) mass is 175 g/mol. The van der Waals surface area contributed by atoms with Gasteiger partial charge in [0.25, 0.3) is 0 Å². The average molecular weight is 175 g/mol. The fourth-order valence-electron chi connectivity index (χ4n) is 0.602. The van der Waals surface area contributed by atoms with Gasteiger partial charge in [0.1, 0.15) is 0 Å². The molecule has 0 aliphatic rings. The maximum absolute atomic E-state index is 12.1. The van der Waals surface area contributed by atoms with Crippen LogP contribution >= 0.6 is 0 Å². The second-order valence-electron chi connectivity index (χ2n) is 1.91. The zero-order chi connectivity index (χ0) is 8.48. The Morgan fingerprint density at radius 2 is 1.55 bits per heavy atom. The first-order valence-corrected chi connectivity index (χ1v) is 4.10. The molecular formula is C6H4FO3S. The third-order valence-electron chi connectivity index (χ3n) is 1.11. The lowest BCUT2D eigenvalue weighted by molar-refractivity contribution is 0.354. The number of hydrogen-bond acceptors (Lipinski definition) is 2. The van der Waals surface area contributed by atoms with Crippen molar-refractivity contribution < 1.29 is 17.4 Å². The maximum Gasteiger partial charge on any atom is 0.332 e. The third kappa shape index (κ3) is 1.91. The lowest BCUT2D eigenvalue weighted by atomic mass is 10.3. The molecule has 0 N–H and O–H groups in total. The molecule has 3 nitrogen and oxygen atoms in total. The Hall–Kier alpha value is -1.10. The van der Waals surface area contributed by atoms with Gasteiger partial charge in [0.2, 0.25) is 0 Å². The largest absolute Gasteiger partial charge is 0.332 e. The summed E-state index contributed by atoms with van der Waals surface area (Å²) in [7, 11) is -4.66. The summed E-state index contributed by atoms with van der Waals surface area (Å²) in [5, 5.41) is 10.4. The molecule has 1 rings (SSSR count). The Kier molecular flexibility index (Phi) is 1.82. The zero-order valence-corrected chi connectivity index (χ0v) is 6.14. The van der Waals surface area contributed by atoms with Crippen LogP contribution in [0.15, 0.2) is 29.2 Å². The highest BCUT2D eigenvalue weighted by Gasteiger charge is 2.10. The van der Waals surface area contributed by atoms with E-state index in [9.17, 15) is 17.4 Å². The predicted octanol–water partition coefficient (Wildman–Crippen LogP) is 1.49. The molecule has 0 aromatic heterocycles. The minimum Gasteiger partial charge on any atom is -0.290 e. The van der Waals surface area contributed by atoms with Crippen molar-refractivity contribution >= 4 is 10.2 Å². The van der Waals surface area contributed by atoms with Gasteiger partial charge in [-0.05, 0) is 24.3 Å². The zero-order valence-electron chi connectivity index (χ0n) is 5.32. The topological polar surface area (TPSA) is 54.0 Å². The van der Waals surface area contributed by atoms with Gasteiger partial charge in [0.15, 0.2) is 5.75 Å². The molecule has 5 heteroatoms. The summed E-state index contributed by atoms with van der Waals surface area (Å²) in [5.74, 6) is -0.350. The smallest absolute Gasteiger partial charge is 0.290 e. The number of rotatable bonds is 1. The number of hydrogen-bond donors (Lipinski definition) is 0. The van der Waals surface area contributed by atoms with Crippen LogP contribution in [-0.2, 0) is 15.3 Å². The van der Waals surface area contributed by atoms with Crippen molar-refractivity contribution in [2.24, 2.45) is 0 Å². The highest BCUT2D eigenvalue weighted by atomic mass is 32.3. The van der Waals surface area contributed by atoms with Crippen LogP contribution in [0.25, 0.3) is 0 Å². The van der Waals surface area contributed by atoms with Crippen LogP contribution in [0, 0.1) is 0 Å². The van der Waals surface area contributed by atoms with Crippen molar-refractivity contribution in [3.05, 3.63) is 24.3 Å². The van der Waals surface area contributed by atoms with Gasteiger partial charge in [0.05, 0.1) is 4.90 Å². The lowest BCUT2D eigenvalue weighted by Gasteiger charge is -1.91. The Morgan fingerprint density at radius 1 is 1.09 bits per heavy atom. The number of benzene rings is 1. The molecule has 0 aliphatic heterocycles. The molecule has 0 saturated carbocycles. The quantitative estimate of drug-likeness (QED) is 0.607. The van der Waals surface area contributed by atoms with E-state index in [1.165, 1.54) is 0 Å². The van der Waals surface area contributed by atoms with Crippen molar-refractivity contribution in [1.82, 2.24) is 0 Å². The van der Waals surface area contributed by atoms with Gasteiger partial charge >= 0.3 is 10.2 Å². The summed E-state index contributed by atoms with van der Waals surface area (Å²) in [4.78, 5) is -0.489. The van der Waals surface area contributed by atoms with Gasteiger partial charge in [0, 0.05) is 0 Å². The minimum absolute atomic E-state index is 0.350. The van der Waals surface area contributed by atoms with Crippen LogP contribution in [0.4, 0.5) is 3.89 Å². The van der Waals surface area contributed by atoms with E-state index in [1.807, 2.05) is 0 Å². The predicted molar refractivity (Wildman–Crippen MR) is 34.9 cm³/mol. The molecule has 0 unspecified atom stereocenters. The molecule has 59 valence electrons. The summed E-state index contributed by atoms with van der Waals surface area (Å²) in [6.45, 7) is 0. The van der Waals surface area contributed by atoms with Crippen molar-refractivity contribution in [2.45, 2.75) is 4.90 Å². The van der Waals surface area contributed by atoms with Gasteiger partial charge in [-0.2, -0.15) is 8.42 Å². The SMILES string of the molecule is [O]c1ccc(S(=O)(=O)F)cc1. The molecule has 0 aliphatic carbocycles. The highest BCUT2D eigenvalue weighted by Crippen LogP contribution is 2.16. The van der Waals surface area contributed by atoms with Crippen molar-refractivity contribution in [2.75, 3.05) is 0 Å². The lowest BCUT2D eigenvalue weighted by Crippen LogP contribution is -1.89. The average Bonchev–Trinajstić information content (AvgIpc) is 1.86. The first kappa shape index (κ1) is 8.00. The van der Waals surface area contributed by atoms with Crippen LogP contribution in [0.1, 0.15) is 0 Å². The van der Waals surface area contributed by atoms with Crippen LogP contribution in [-0.4, -0.2) is 8.42 Å². The van der Waals surface area contributed by atoms with Crippen LogP contribution < -0.4 is 0 Å².